The Balaban J connectivity index is 2.00. The Hall–Kier alpha value is -2.35. The predicted molar refractivity (Wildman–Crippen MR) is 77.0 cm³/mol. The summed E-state index contributed by atoms with van der Waals surface area (Å²) in [4.78, 5) is 22.6. The van der Waals surface area contributed by atoms with Gasteiger partial charge in [-0.2, -0.15) is 0 Å². The van der Waals surface area contributed by atoms with Gasteiger partial charge in [-0.1, -0.05) is 0 Å². The second kappa shape index (κ2) is 5.57. The maximum absolute atomic E-state index is 11.8. The van der Waals surface area contributed by atoms with Crippen LogP contribution in [0.25, 0.3) is 0 Å². The Bertz CT molecular complexity index is 724. The van der Waals surface area contributed by atoms with Crippen LogP contribution >= 0.6 is 0 Å². The number of amides is 2. The fourth-order valence-corrected chi connectivity index (χ4v) is 3.16. The number of carbonyl (C=O) groups is 2. The highest BCUT2D eigenvalue weighted by atomic mass is 32.2. The van der Waals surface area contributed by atoms with Crippen LogP contribution < -0.4 is 10.6 Å². The summed E-state index contributed by atoms with van der Waals surface area (Å²) >= 11 is 0. The molecule has 0 saturated heterocycles. The SMILES string of the molecule is Cc1cc(C(=O)O)ccc1NC(=O)NC1C=CS(=O)(=O)C1. The van der Waals surface area contributed by atoms with E-state index in [2.05, 4.69) is 10.6 Å². The molecule has 7 nitrogen and oxygen atoms in total. The molecule has 0 bridgehead atoms. The second-order valence-corrected chi connectivity index (χ2v) is 6.63. The maximum atomic E-state index is 11.8. The number of carboxylic acid groups (broad SMARTS) is 1. The van der Waals surface area contributed by atoms with E-state index in [1.54, 1.807) is 6.92 Å². The molecule has 112 valence electrons. The van der Waals surface area contributed by atoms with Gasteiger partial charge in [-0.15, -0.1) is 0 Å². The highest BCUT2D eigenvalue weighted by Crippen LogP contribution is 2.17. The molecule has 21 heavy (non-hydrogen) atoms. The average Bonchev–Trinajstić information content (AvgIpc) is 2.70. The summed E-state index contributed by atoms with van der Waals surface area (Å²) in [7, 11) is -3.23. The lowest BCUT2D eigenvalue weighted by molar-refractivity contribution is 0.0696. The Morgan fingerprint density at radius 3 is 2.57 bits per heavy atom. The third-order valence-electron chi connectivity index (χ3n) is 2.97. The van der Waals surface area contributed by atoms with Crippen molar-refractivity contribution in [2.45, 2.75) is 13.0 Å². The third kappa shape index (κ3) is 3.82. The Kier molecular flexibility index (Phi) is 3.99. The van der Waals surface area contributed by atoms with Crippen LogP contribution in [0.3, 0.4) is 0 Å². The summed E-state index contributed by atoms with van der Waals surface area (Å²) in [5.41, 5.74) is 1.19. The van der Waals surface area contributed by atoms with E-state index in [0.29, 0.717) is 11.3 Å². The van der Waals surface area contributed by atoms with Crippen LogP contribution in [0.4, 0.5) is 10.5 Å². The van der Waals surface area contributed by atoms with E-state index in [0.717, 1.165) is 5.41 Å². The zero-order valence-electron chi connectivity index (χ0n) is 11.2. The zero-order valence-corrected chi connectivity index (χ0v) is 12.0. The number of aromatic carboxylic acids is 1. The van der Waals surface area contributed by atoms with E-state index in [9.17, 15) is 18.0 Å². The molecule has 3 N–H and O–H groups in total. The van der Waals surface area contributed by atoms with Gasteiger partial charge >= 0.3 is 12.0 Å². The number of sulfone groups is 1. The van der Waals surface area contributed by atoms with Gasteiger partial charge in [0, 0.05) is 11.1 Å². The number of benzene rings is 1. The molecule has 0 radical (unpaired) electrons. The van der Waals surface area contributed by atoms with Crippen LogP contribution in [0, 0.1) is 6.92 Å². The number of aryl methyl sites for hydroxylation is 1. The normalized spacial score (nSPS) is 19.2. The van der Waals surface area contributed by atoms with Crippen molar-refractivity contribution in [3.8, 4) is 0 Å². The summed E-state index contributed by atoms with van der Waals surface area (Å²) in [6.45, 7) is 1.67. The van der Waals surface area contributed by atoms with Gasteiger partial charge in [-0.3, -0.25) is 0 Å². The smallest absolute Gasteiger partial charge is 0.335 e. The average molecular weight is 310 g/mol. The summed E-state index contributed by atoms with van der Waals surface area (Å²) in [6, 6.07) is 3.20. The fraction of sp³-hybridized carbons (Fsp3) is 0.231. The van der Waals surface area contributed by atoms with Crippen molar-refractivity contribution in [3.05, 3.63) is 40.8 Å². The monoisotopic (exact) mass is 310 g/mol. The summed E-state index contributed by atoms with van der Waals surface area (Å²) < 4.78 is 22.4. The molecule has 0 fully saturated rings. The standard InChI is InChI=1S/C13H14N2O5S/c1-8-6-9(12(16)17)2-3-11(8)15-13(18)14-10-4-5-21(19,20)7-10/h2-6,10H,7H2,1H3,(H,16,17)(H2,14,15,18). The first kappa shape index (κ1) is 15.0. The van der Waals surface area contributed by atoms with Gasteiger partial charge in [0.15, 0.2) is 9.84 Å². The van der Waals surface area contributed by atoms with Crippen LogP contribution in [0.5, 0.6) is 0 Å². The summed E-state index contributed by atoms with van der Waals surface area (Å²) in [5.74, 6) is -1.20. The molecule has 8 heteroatoms. The molecule has 0 aliphatic carbocycles. The molecular weight excluding hydrogens is 296 g/mol. The van der Waals surface area contributed by atoms with Crippen LogP contribution in [0.15, 0.2) is 29.7 Å². The van der Waals surface area contributed by atoms with Gasteiger partial charge in [-0.25, -0.2) is 18.0 Å². The number of rotatable bonds is 3. The zero-order chi connectivity index (χ0) is 15.6. The lowest BCUT2D eigenvalue weighted by Gasteiger charge is -2.13. The molecule has 1 unspecified atom stereocenters. The van der Waals surface area contributed by atoms with E-state index in [-0.39, 0.29) is 11.3 Å². The topological polar surface area (TPSA) is 113 Å². The predicted octanol–water partition coefficient (Wildman–Crippen LogP) is 1.13. The molecule has 1 aromatic rings. The number of carboxylic acids is 1. The molecule has 2 amide bonds. The Morgan fingerprint density at radius 1 is 1.33 bits per heavy atom. The maximum Gasteiger partial charge on any atom is 0.335 e. The number of carbonyl (C=O) groups excluding carboxylic acids is 1. The van der Waals surface area contributed by atoms with Gasteiger partial charge in [-0.05, 0) is 36.8 Å². The molecule has 2 rings (SSSR count). The molecule has 1 heterocycles. The van der Waals surface area contributed by atoms with Gasteiger partial charge in [0.05, 0.1) is 17.4 Å². The molecule has 1 atom stereocenters. The molecule has 1 aliphatic heterocycles. The Labute approximate surface area is 121 Å². The number of hydrogen-bond donors (Lipinski definition) is 3. The van der Waals surface area contributed by atoms with Crippen molar-refractivity contribution < 1.29 is 23.1 Å². The molecule has 1 aromatic carbocycles. The van der Waals surface area contributed by atoms with Crippen LogP contribution in [0.2, 0.25) is 0 Å². The highest BCUT2D eigenvalue weighted by molar-refractivity contribution is 7.94. The molecule has 1 aliphatic rings. The van der Waals surface area contributed by atoms with Gasteiger partial charge in [0.25, 0.3) is 0 Å². The van der Waals surface area contributed by atoms with E-state index >= 15 is 0 Å². The number of anilines is 1. The fourth-order valence-electron chi connectivity index (χ4n) is 1.93. The minimum Gasteiger partial charge on any atom is -0.478 e. The van der Waals surface area contributed by atoms with Crippen molar-refractivity contribution in [2.24, 2.45) is 0 Å². The highest BCUT2D eigenvalue weighted by Gasteiger charge is 2.23. The molecule has 0 saturated carbocycles. The van der Waals surface area contributed by atoms with Crippen molar-refractivity contribution in [1.82, 2.24) is 5.32 Å². The largest absolute Gasteiger partial charge is 0.478 e. The van der Waals surface area contributed by atoms with E-state index in [4.69, 9.17) is 5.11 Å². The Morgan fingerprint density at radius 2 is 2.05 bits per heavy atom. The van der Waals surface area contributed by atoms with E-state index in [1.807, 2.05) is 0 Å². The van der Waals surface area contributed by atoms with Crippen LogP contribution in [0.1, 0.15) is 15.9 Å². The van der Waals surface area contributed by atoms with Crippen molar-refractivity contribution >= 4 is 27.5 Å². The molecule has 0 spiro atoms. The van der Waals surface area contributed by atoms with Crippen LogP contribution in [-0.4, -0.2) is 37.3 Å². The first-order chi connectivity index (χ1) is 9.77. The van der Waals surface area contributed by atoms with Gasteiger partial charge < -0.3 is 15.7 Å². The van der Waals surface area contributed by atoms with Crippen molar-refractivity contribution in [1.29, 1.82) is 0 Å². The molecular formula is C13H14N2O5S. The first-order valence-corrected chi connectivity index (χ1v) is 7.81. The molecule has 0 aromatic heterocycles. The lowest BCUT2D eigenvalue weighted by Crippen LogP contribution is -2.38. The summed E-state index contributed by atoms with van der Waals surface area (Å²) in [5, 5.41) is 15.0. The van der Waals surface area contributed by atoms with Gasteiger partial charge in [0.1, 0.15) is 0 Å². The van der Waals surface area contributed by atoms with Gasteiger partial charge in [0.2, 0.25) is 0 Å². The minimum absolute atomic E-state index is 0.128. The first-order valence-electron chi connectivity index (χ1n) is 6.09. The third-order valence-corrected chi connectivity index (χ3v) is 4.36. The number of hydrogen-bond acceptors (Lipinski definition) is 4. The van der Waals surface area contributed by atoms with Crippen molar-refractivity contribution in [3.63, 3.8) is 0 Å². The summed E-state index contributed by atoms with van der Waals surface area (Å²) in [6.07, 6.45) is 1.41. The quantitative estimate of drug-likeness (QED) is 0.774. The minimum atomic E-state index is -3.23. The lowest BCUT2D eigenvalue weighted by atomic mass is 10.1. The van der Waals surface area contributed by atoms with E-state index in [1.165, 1.54) is 24.3 Å². The number of nitrogens with one attached hydrogen (secondary N) is 2. The van der Waals surface area contributed by atoms with Crippen molar-refractivity contribution in [2.75, 3.05) is 11.1 Å². The van der Waals surface area contributed by atoms with Crippen LogP contribution in [-0.2, 0) is 9.84 Å². The number of urea groups is 1. The second-order valence-electron chi connectivity index (χ2n) is 4.70. The van der Waals surface area contributed by atoms with E-state index < -0.39 is 27.9 Å².